The van der Waals surface area contributed by atoms with E-state index in [1.54, 1.807) is 12.1 Å². The molecule has 0 aliphatic rings. The predicted octanol–water partition coefficient (Wildman–Crippen LogP) is 2.72. The number of benzene rings is 1. The van der Waals surface area contributed by atoms with E-state index in [9.17, 15) is 4.79 Å². The molecule has 0 aliphatic heterocycles. The van der Waals surface area contributed by atoms with Crippen LogP contribution < -0.4 is 11.5 Å². The van der Waals surface area contributed by atoms with Crippen molar-refractivity contribution in [3.8, 4) is 0 Å². The zero-order chi connectivity index (χ0) is 13.9. The third-order valence-corrected chi connectivity index (χ3v) is 2.62. The summed E-state index contributed by atoms with van der Waals surface area (Å²) < 4.78 is 5.06. The number of carbonyl (C=O) groups is 1. The lowest BCUT2D eigenvalue weighted by molar-refractivity contribution is 0.0505. The Balaban J connectivity index is 3.11. The molecule has 4 nitrogen and oxygen atoms in total. The molecule has 0 unspecified atom stereocenters. The summed E-state index contributed by atoms with van der Waals surface area (Å²) in [6, 6.07) is 3.27. The summed E-state index contributed by atoms with van der Waals surface area (Å²) in [6.45, 7) is 8.44. The normalized spacial score (nSPS) is 11.3. The van der Waals surface area contributed by atoms with Crippen LogP contribution in [0.5, 0.6) is 0 Å². The quantitative estimate of drug-likeness (QED) is 0.638. The van der Waals surface area contributed by atoms with Crippen LogP contribution in [-0.4, -0.2) is 12.6 Å². The molecule has 0 aromatic heterocycles. The summed E-state index contributed by atoms with van der Waals surface area (Å²) in [5.74, 6) is -0.379. The van der Waals surface area contributed by atoms with Crippen LogP contribution in [0.2, 0.25) is 0 Å². The van der Waals surface area contributed by atoms with Crippen molar-refractivity contribution in [2.75, 3.05) is 18.1 Å². The fourth-order valence-corrected chi connectivity index (χ4v) is 1.95. The maximum absolute atomic E-state index is 11.7. The van der Waals surface area contributed by atoms with Crippen molar-refractivity contribution in [1.29, 1.82) is 0 Å². The van der Waals surface area contributed by atoms with Gasteiger partial charge >= 0.3 is 5.97 Å². The fourth-order valence-electron chi connectivity index (χ4n) is 1.95. The summed E-state index contributed by atoms with van der Waals surface area (Å²) in [7, 11) is 0. The van der Waals surface area contributed by atoms with Crippen LogP contribution in [0, 0.1) is 0 Å². The number of esters is 1. The van der Waals surface area contributed by atoms with Gasteiger partial charge in [-0.15, -0.1) is 0 Å². The van der Waals surface area contributed by atoms with Gasteiger partial charge < -0.3 is 16.2 Å². The molecule has 0 amide bonds. The Hall–Kier alpha value is -1.71. The van der Waals surface area contributed by atoms with Crippen molar-refractivity contribution in [2.24, 2.45) is 0 Å². The summed E-state index contributed by atoms with van der Waals surface area (Å²) in [6.07, 6.45) is 0.788. The van der Waals surface area contributed by atoms with Crippen LogP contribution in [0.25, 0.3) is 0 Å². The van der Waals surface area contributed by atoms with Gasteiger partial charge in [0.2, 0.25) is 0 Å². The monoisotopic (exact) mass is 250 g/mol. The average molecular weight is 250 g/mol. The van der Waals surface area contributed by atoms with Gasteiger partial charge in [0.1, 0.15) is 0 Å². The van der Waals surface area contributed by atoms with E-state index >= 15 is 0 Å². The number of carbonyl (C=O) groups excluding carboxylic acids is 1. The molecule has 18 heavy (non-hydrogen) atoms. The highest BCUT2D eigenvalue weighted by Gasteiger charge is 2.22. The maximum atomic E-state index is 11.7. The molecule has 4 heteroatoms. The average Bonchev–Trinajstić information content (AvgIpc) is 2.22. The lowest BCUT2D eigenvalue weighted by atomic mass is 9.84. The highest BCUT2D eigenvalue weighted by atomic mass is 16.5. The lowest BCUT2D eigenvalue weighted by Crippen LogP contribution is -2.18. The van der Waals surface area contributed by atoms with Crippen molar-refractivity contribution in [3.05, 3.63) is 23.3 Å². The molecule has 4 N–H and O–H groups in total. The Bertz CT molecular complexity index is 425. The number of anilines is 2. The summed E-state index contributed by atoms with van der Waals surface area (Å²) in [4.78, 5) is 11.7. The van der Waals surface area contributed by atoms with Crippen LogP contribution >= 0.6 is 0 Å². The fraction of sp³-hybridized carbons (Fsp3) is 0.500. The molecule has 0 saturated heterocycles. The summed E-state index contributed by atoms with van der Waals surface area (Å²) >= 11 is 0. The first-order chi connectivity index (χ1) is 8.27. The van der Waals surface area contributed by atoms with Crippen LogP contribution in [0.3, 0.4) is 0 Å². The molecule has 0 heterocycles. The second kappa shape index (κ2) is 5.29. The molecule has 1 rings (SSSR count). The third-order valence-electron chi connectivity index (χ3n) is 2.62. The van der Waals surface area contributed by atoms with E-state index in [-0.39, 0.29) is 11.4 Å². The molecule has 0 atom stereocenters. The van der Waals surface area contributed by atoms with Gasteiger partial charge in [-0.1, -0.05) is 27.7 Å². The first kappa shape index (κ1) is 14.4. The minimum atomic E-state index is -0.379. The molecule has 0 aliphatic carbocycles. The highest BCUT2D eigenvalue weighted by molar-refractivity contribution is 5.92. The van der Waals surface area contributed by atoms with Crippen LogP contribution in [-0.2, 0) is 10.2 Å². The minimum Gasteiger partial charge on any atom is -0.462 e. The number of hydrogen-bond acceptors (Lipinski definition) is 4. The predicted molar refractivity (Wildman–Crippen MR) is 74.5 cm³/mol. The van der Waals surface area contributed by atoms with Crippen LogP contribution in [0.4, 0.5) is 11.4 Å². The second-order valence-electron chi connectivity index (χ2n) is 5.42. The number of hydrogen-bond donors (Lipinski definition) is 2. The maximum Gasteiger partial charge on any atom is 0.338 e. The van der Waals surface area contributed by atoms with Crippen molar-refractivity contribution >= 4 is 17.3 Å². The number of nitrogen functional groups attached to an aromatic ring is 2. The Morgan fingerprint density at radius 3 is 2.11 bits per heavy atom. The summed E-state index contributed by atoms with van der Waals surface area (Å²) in [5, 5.41) is 0. The number of rotatable bonds is 3. The zero-order valence-corrected chi connectivity index (χ0v) is 11.5. The van der Waals surface area contributed by atoms with Gasteiger partial charge in [0.25, 0.3) is 0 Å². The van der Waals surface area contributed by atoms with Gasteiger partial charge in [-0.2, -0.15) is 0 Å². The number of nitrogens with two attached hydrogens (primary N) is 2. The molecular formula is C14H22N2O2. The van der Waals surface area contributed by atoms with Crippen LogP contribution in [0.1, 0.15) is 50.0 Å². The smallest absolute Gasteiger partial charge is 0.338 e. The van der Waals surface area contributed by atoms with Crippen molar-refractivity contribution in [3.63, 3.8) is 0 Å². The zero-order valence-electron chi connectivity index (χ0n) is 11.5. The first-order valence-electron chi connectivity index (χ1n) is 6.14. The van der Waals surface area contributed by atoms with E-state index in [0.29, 0.717) is 23.5 Å². The van der Waals surface area contributed by atoms with Gasteiger partial charge in [-0.25, -0.2) is 4.79 Å². The van der Waals surface area contributed by atoms with E-state index in [0.717, 1.165) is 12.0 Å². The molecule has 0 spiro atoms. The molecule has 1 aromatic carbocycles. The minimum absolute atomic E-state index is 0.153. The van der Waals surface area contributed by atoms with Crippen molar-refractivity contribution in [1.82, 2.24) is 0 Å². The second-order valence-corrected chi connectivity index (χ2v) is 5.42. The molecule has 0 fully saturated rings. The van der Waals surface area contributed by atoms with Crippen molar-refractivity contribution < 1.29 is 9.53 Å². The van der Waals surface area contributed by atoms with E-state index < -0.39 is 0 Å². The Kier molecular flexibility index (Phi) is 4.22. The number of ether oxygens (including phenoxy) is 1. The Morgan fingerprint density at radius 2 is 1.72 bits per heavy atom. The molecule has 0 saturated carbocycles. The standard InChI is InChI=1S/C14H22N2O2/c1-5-6-18-13(17)9-7-10(15)12(11(16)8-9)14(2,3)4/h7-8H,5-6,15-16H2,1-4H3. The van der Waals surface area contributed by atoms with E-state index in [1.807, 2.05) is 27.7 Å². The largest absolute Gasteiger partial charge is 0.462 e. The molecular weight excluding hydrogens is 228 g/mol. The molecule has 1 aromatic rings. The van der Waals surface area contributed by atoms with Gasteiger partial charge in [-0.05, 0) is 24.0 Å². The molecule has 0 bridgehead atoms. The Morgan fingerprint density at radius 1 is 1.22 bits per heavy atom. The van der Waals surface area contributed by atoms with Crippen LogP contribution in [0.15, 0.2) is 12.1 Å². The van der Waals surface area contributed by atoms with E-state index in [2.05, 4.69) is 0 Å². The van der Waals surface area contributed by atoms with Gasteiger partial charge in [0.15, 0.2) is 0 Å². The van der Waals surface area contributed by atoms with Gasteiger partial charge in [0.05, 0.1) is 12.2 Å². The van der Waals surface area contributed by atoms with E-state index in [1.165, 1.54) is 0 Å². The third kappa shape index (κ3) is 3.15. The molecule has 100 valence electrons. The topological polar surface area (TPSA) is 78.3 Å². The van der Waals surface area contributed by atoms with Crippen molar-refractivity contribution in [2.45, 2.75) is 39.5 Å². The van der Waals surface area contributed by atoms with E-state index in [4.69, 9.17) is 16.2 Å². The van der Waals surface area contributed by atoms with Gasteiger partial charge in [-0.3, -0.25) is 0 Å². The van der Waals surface area contributed by atoms with Gasteiger partial charge in [0, 0.05) is 16.9 Å². The highest BCUT2D eigenvalue weighted by Crippen LogP contribution is 2.34. The summed E-state index contributed by atoms with van der Waals surface area (Å²) in [5.41, 5.74) is 14.2. The lowest BCUT2D eigenvalue weighted by Gasteiger charge is -2.23. The first-order valence-corrected chi connectivity index (χ1v) is 6.14. The SMILES string of the molecule is CCCOC(=O)c1cc(N)c(C(C)(C)C)c(N)c1. The molecule has 0 radical (unpaired) electrons. The Labute approximate surface area is 108 Å².